The van der Waals surface area contributed by atoms with Crippen LogP contribution >= 0.6 is 27.5 Å². The van der Waals surface area contributed by atoms with Crippen molar-refractivity contribution in [2.45, 2.75) is 6.54 Å². The van der Waals surface area contributed by atoms with E-state index in [2.05, 4.69) is 21.2 Å². The molecule has 1 aromatic rings. The molecule has 12 heavy (non-hydrogen) atoms. The first kappa shape index (κ1) is 9.96. The molecule has 0 aliphatic heterocycles. The van der Waals surface area contributed by atoms with Crippen LogP contribution in [0.4, 0.5) is 4.39 Å². The summed E-state index contributed by atoms with van der Waals surface area (Å²) in [5.41, 5.74) is 0.867. The molecule has 0 bridgehead atoms. The number of hydrogen-bond donors (Lipinski definition) is 1. The van der Waals surface area contributed by atoms with E-state index in [1.807, 2.05) is 0 Å². The van der Waals surface area contributed by atoms with Gasteiger partial charge in [0.15, 0.2) is 0 Å². The minimum absolute atomic E-state index is 0.134. The Balaban J connectivity index is 3.04. The van der Waals surface area contributed by atoms with Gasteiger partial charge in [0.1, 0.15) is 5.82 Å². The first-order chi connectivity index (χ1) is 5.65. The van der Waals surface area contributed by atoms with Crippen LogP contribution in [0.1, 0.15) is 5.56 Å². The van der Waals surface area contributed by atoms with Crippen LogP contribution in [0, 0.1) is 5.82 Å². The second-order valence-electron chi connectivity index (χ2n) is 2.40. The molecule has 66 valence electrons. The maximum Gasteiger partial charge on any atom is 0.143 e. The summed E-state index contributed by atoms with van der Waals surface area (Å²) < 4.78 is 13.6. The van der Waals surface area contributed by atoms with Crippen molar-refractivity contribution < 1.29 is 4.39 Å². The summed E-state index contributed by atoms with van der Waals surface area (Å²) in [5, 5.41) is 3.06. The molecule has 0 aromatic heterocycles. The van der Waals surface area contributed by atoms with Crippen molar-refractivity contribution in [3.8, 4) is 0 Å². The molecular formula is C8H8BrClFN. The van der Waals surface area contributed by atoms with E-state index in [0.717, 1.165) is 5.56 Å². The second kappa shape index (κ2) is 4.21. The summed E-state index contributed by atoms with van der Waals surface area (Å²) in [7, 11) is 1.81. The van der Waals surface area contributed by atoms with E-state index < -0.39 is 5.82 Å². The van der Waals surface area contributed by atoms with Gasteiger partial charge in [-0.3, -0.25) is 0 Å². The summed E-state index contributed by atoms with van der Waals surface area (Å²) in [6, 6.07) is 3.21. The monoisotopic (exact) mass is 251 g/mol. The molecule has 0 saturated carbocycles. The molecule has 4 heteroatoms. The Kier molecular flexibility index (Phi) is 3.50. The Labute approximate surface area is 84.0 Å². The third-order valence-corrected chi connectivity index (χ3v) is 2.66. The first-order valence-corrected chi connectivity index (χ1v) is 4.60. The lowest BCUT2D eigenvalue weighted by Gasteiger charge is -2.03. The van der Waals surface area contributed by atoms with Gasteiger partial charge in [-0.2, -0.15) is 0 Å². The van der Waals surface area contributed by atoms with E-state index in [4.69, 9.17) is 11.6 Å². The smallest absolute Gasteiger partial charge is 0.143 e. The molecule has 0 atom stereocenters. The van der Waals surface area contributed by atoms with Gasteiger partial charge in [0, 0.05) is 11.0 Å². The predicted molar refractivity (Wildman–Crippen MR) is 51.9 cm³/mol. The fourth-order valence-corrected chi connectivity index (χ4v) is 1.51. The molecule has 0 unspecified atom stereocenters. The molecule has 0 spiro atoms. The Bertz CT molecular complexity index is 267. The van der Waals surface area contributed by atoms with Gasteiger partial charge in [-0.15, -0.1) is 0 Å². The quantitative estimate of drug-likeness (QED) is 0.798. The van der Waals surface area contributed by atoms with Gasteiger partial charge in [0.2, 0.25) is 0 Å². The fraction of sp³-hybridized carbons (Fsp3) is 0.250. The zero-order valence-corrected chi connectivity index (χ0v) is 8.84. The van der Waals surface area contributed by atoms with Gasteiger partial charge in [0.05, 0.1) is 5.02 Å². The molecule has 0 aliphatic rings. The molecule has 0 aliphatic carbocycles. The van der Waals surface area contributed by atoms with Crippen LogP contribution in [0.2, 0.25) is 5.02 Å². The van der Waals surface area contributed by atoms with E-state index in [1.165, 1.54) is 6.07 Å². The molecule has 0 heterocycles. The van der Waals surface area contributed by atoms with Crippen LogP contribution < -0.4 is 5.32 Å². The lowest BCUT2D eigenvalue weighted by molar-refractivity contribution is 0.623. The summed E-state index contributed by atoms with van der Waals surface area (Å²) in [5.74, 6) is -0.392. The van der Waals surface area contributed by atoms with Crippen molar-refractivity contribution in [3.63, 3.8) is 0 Å². The van der Waals surface area contributed by atoms with Crippen LogP contribution in [0.3, 0.4) is 0 Å². The SMILES string of the molecule is CNCc1cc(F)c(Cl)c(Br)c1. The Morgan fingerprint density at radius 2 is 2.25 bits per heavy atom. The van der Waals surface area contributed by atoms with E-state index >= 15 is 0 Å². The molecule has 1 N–H and O–H groups in total. The van der Waals surface area contributed by atoms with Crippen LogP contribution in [-0.2, 0) is 6.54 Å². The molecular weight excluding hydrogens is 244 g/mol. The van der Waals surface area contributed by atoms with E-state index in [-0.39, 0.29) is 5.02 Å². The zero-order chi connectivity index (χ0) is 9.14. The number of benzene rings is 1. The second-order valence-corrected chi connectivity index (χ2v) is 3.64. The van der Waals surface area contributed by atoms with Gasteiger partial charge in [0.25, 0.3) is 0 Å². The van der Waals surface area contributed by atoms with Gasteiger partial charge >= 0.3 is 0 Å². The summed E-state index contributed by atoms with van der Waals surface area (Å²) in [6.07, 6.45) is 0. The van der Waals surface area contributed by atoms with Gasteiger partial charge in [-0.05, 0) is 40.7 Å². The van der Waals surface area contributed by atoms with Crippen molar-refractivity contribution in [1.82, 2.24) is 5.32 Å². The maximum atomic E-state index is 13.0. The van der Waals surface area contributed by atoms with Crippen molar-refractivity contribution in [2.24, 2.45) is 0 Å². The lowest BCUT2D eigenvalue weighted by atomic mass is 10.2. The maximum absolute atomic E-state index is 13.0. The predicted octanol–water partition coefficient (Wildman–Crippen LogP) is 2.96. The number of rotatable bonds is 2. The first-order valence-electron chi connectivity index (χ1n) is 3.43. The number of nitrogens with one attached hydrogen (secondary N) is 1. The summed E-state index contributed by atoms with van der Waals surface area (Å²) in [4.78, 5) is 0. The minimum atomic E-state index is -0.392. The normalized spacial score (nSPS) is 10.3. The van der Waals surface area contributed by atoms with Crippen LogP contribution in [0.5, 0.6) is 0 Å². The molecule has 0 fully saturated rings. The zero-order valence-electron chi connectivity index (χ0n) is 6.50. The highest BCUT2D eigenvalue weighted by Crippen LogP contribution is 2.26. The van der Waals surface area contributed by atoms with Crippen molar-refractivity contribution in [2.75, 3.05) is 7.05 Å². The molecule has 1 rings (SSSR count). The number of halogens is 3. The molecule has 1 nitrogen and oxygen atoms in total. The van der Waals surface area contributed by atoms with E-state index in [0.29, 0.717) is 11.0 Å². The largest absolute Gasteiger partial charge is 0.316 e. The third kappa shape index (κ3) is 2.19. The molecule has 1 aromatic carbocycles. The van der Waals surface area contributed by atoms with E-state index in [1.54, 1.807) is 13.1 Å². The third-order valence-electron chi connectivity index (χ3n) is 1.42. The Hall–Kier alpha value is -0.120. The average Bonchev–Trinajstić information content (AvgIpc) is 2.01. The highest BCUT2D eigenvalue weighted by atomic mass is 79.9. The molecule has 0 amide bonds. The number of hydrogen-bond acceptors (Lipinski definition) is 1. The summed E-state index contributed by atoms with van der Waals surface area (Å²) in [6.45, 7) is 0.632. The average molecular weight is 253 g/mol. The van der Waals surface area contributed by atoms with Crippen LogP contribution in [-0.4, -0.2) is 7.05 Å². The summed E-state index contributed by atoms with van der Waals surface area (Å²) >= 11 is 8.77. The van der Waals surface area contributed by atoms with Crippen molar-refractivity contribution in [3.05, 3.63) is 33.0 Å². The highest BCUT2D eigenvalue weighted by molar-refractivity contribution is 9.10. The lowest BCUT2D eigenvalue weighted by Crippen LogP contribution is -2.05. The van der Waals surface area contributed by atoms with Crippen LogP contribution in [0.15, 0.2) is 16.6 Å². The Morgan fingerprint density at radius 1 is 1.58 bits per heavy atom. The van der Waals surface area contributed by atoms with Crippen molar-refractivity contribution in [1.29, 1.82) is 0 Å². The van der Waals surface area contributed by atoms with Gasteiger partial charge < -0.3 is 5.32 Å². The van der Waals surface area contributed by atoms with Crippen molar-refractivity contribution >= 4 is 27.5 Å². The highest BCUT2D eigenvalue weighted by Gasteiger charge is 2.05. The standard InChI is InChI=1S/C8H8BrClFN/c1-12-4-5-2-6(9)8(10)7(11)3-5/h2-3,12H,4H2,1H3. The Morgan fingerprint density at radius 3 is 2.75 bits per heavy atom. The minimum Gasteiger partial charge on any atom is -0.316 e. The van der Waals surface area contributed by atoms with Gasteiger partial charge in [-0.1, -0.05) is 11.6 Å². The van der Waals surface area contributed by atoms with Crippen LogP contribution in [0.25, 0.3) is 0 Å². The molecule has 0 radical (unpaired) electrons. The molecule has 0 saturated heterocycles. The van der Waals surface area contributed by atoms with Gasteiger partial charge in [-0.25, -0.2) is 4.39 Å². The topological polar surface area (TPSA) is 12.0 Å². The van der Waals surface area contributed by atoms with E-state index in [9.17, 15) is 4.39 Å². The fourth-order valence-electron chi connectivity index (χ4n) is 0.914.